The van der Waals surface area contributed by atoms with Gasteiger partial charge in [0, 0.05) is 5.56 Å². The van der Waals surface area contributed by atoms with E-state index in [1.54, 1.807) is 54.6 Å². The standard InChI is InChI=1S/C25H23BrFN3O5/c1-3-34-22-13-16(12-18(26)23(22)35-15-17-8-4-5-9-19(17)27)14-28-30-25(32)24(31)29-20-10-6-7-11-21(20)33-2/h4-14H,3,15H2,1-2H3,(H,29,31)(H,30,32)/b28-14+. The third-order valence-electron chi connectivity index (χ3n) is 4.60. The summed E-state index contributed by atoms with van der Waals surface area (Å²) in [5.41, 5.74) is 3.50. The Kier molecular flexibility index (Phi) is 9.19. The fourth-order valence-corrected chi connectivity index (χ4v) is 3.55. The molecule has 3 aromatic rings. The quantitative estimate of drug-likeness (QED) is 0.232. The molecule has 0 aliphatic rings. The van der Waals surface area contributed by atoms with Crippen molar-refractivity contribution >= 4 is 39.6 Å². The molecular formula is C25H23BrFN3O5. The zero-order chi connectivity index (χ0) is 25.2. The van der Waals surface area contributed by atoms with E-state index in [0.717, 1.165) is 0 Å². The fourth-order valence-electron chi connectivity index (χ4n) is 2.97. The number of carbonyl (C=O) groups excluding carboxylic acids is 2. The fraction of sp³-hybridized carbons (Fsp3) is 0.160. The summed E-state index contributed by atoms with van der Waals surface area (Å²) in [7, 11) is 1.46. The normalized spacial score (nSPS) is 10.6. The van der Waals surface area contributed by atoms with Crippen molar-refractivity contribution in [2.75, 3.05) is 19.0 Å². The van der Waals surface area contributed by atoms with E-state index in [1.807, 2.05) is 6.92 Å². The highest BCUT2D eigenvalue weighted by Crippen LogP contribution is 2.37. The number of amides is 2. The number of ether oxygens (including phenoxy) is 3. The van der Waals surface area contributed by atoms with Crippen molar-refractivity contribution in [1.29, 1.82) is 0 Å². The van der Waals surface area contributed by atoms with Crippen LogP contribution in [0.3, 0.4) is 0 Å². The van der Waals surface area contributed by atoms with E-state index < -0.39 is 11.8 Å². The van der Waals surface area contributed by atoms with Crippen molar-refractivity contribution in [3.8, 4) is 17.2 Å². The highest BCUT2D eigenvalue weighted by atomic mass is 79.9. The van der Waals surface area contributed by atoms with Crippen molar-refractivity contribution < 1.29 is 28.2 Å². The van der Waals surface area contributed by atoms with Crippen LogP contribution in [0.15, 0.2) is 70.2 Å². The minimum atomic E-state index is -0.957. The van der Waals surface area contributed by atoms with Gasteiger partial charge in [-0.05, 0) is 58.7 Å². The Morgan fingerprint density at radius 2 is 1.77 bits per heavy atom. The number of hydrazone groups is 1. The van der Waals surface area contributed by atoms with Crippen LogP contribution >= 0.6 is 15.9 Å². The van der Waals surface area contributed by atoms with Gasteiger partial charge in [0.05, 0.1) is 30.1 Å². The lowest BCUT2D eigenvalue weighted by Crippen LogP contribution is -2.32. The number of rotatable bonds is 9. The second-order valence-corrected chi connectivity index (χ2v) is 7.85. The number of anilines is 1. The van der Waals surface area contributed by atoms with Crippen molar-refractivity contribution in [3.05, 3.63) is 82.1 Å². The molecule has 0 atom stereocenters. The second-order valence-electron chi connectivity index (χ2n) is 7.00. The van der Waals surface area contributed by atoms with Crippen LogP contribution < -0.4 is 25.0 Å². The molecule has 0 aromatic heterocycles. The number of nitrogens with one attached hydrogen (secondary N) is 2. The first kappa shape index (κ1) is 25.7. The number of carbonyl (C=O) groups is 2. The average molecular weight is 544 g/mol. The van der Waals surface area contributed by atoms with Crippen LogP contribution in [0.25, 0.3) is 0 Å². The van der Waals surface area contributed by atoms with E-state index in [-0.39, 0.29) is 12.4 Å². The molecule has 3 rings (SSSR count). The van der Waals surface area contributed by atoms with Gasteiger partial charge in [0.25, 0.3) is 0 Å². The number of hydrogen-bond acceptors (Lipinski definition) is 6. The number of halogens is 2. The van der Waals surface area contributed by atoms with Gasteiger partial charge in [-0.3, -0.25) is 9.59 Å². The Balaban J connectivity index is 1.67. The number of methoxy groups -OCH3 is 1. The Morgan fingerprint density at radius 1 is 1.03 bits per heavy atom. The lowest BCUT2D eigenvalue weighted by Gasteiger charge is -2.15. The van der Waals surface area contributed by atoms with E-state index in [0.29, 0.717) is 45.1 Å². The molecule has 0 heterocycles. The third-order valence-corrected chi connectivity index (χ3v) is 5.19. The number of para-hydroxylation sites is 2. The first-order valence-corrected chi connectivity index (χ1v) is 11.3. The highest BCUT2D eigenvalue weighted by molar-refractivity contribution is 9.10. The van der Waals surface area contributed by atoms with Gasteiger partial charge in [-0.2, -0.15) is 5.10 Å². The predicted octanol–water partition coefficient (Wildman–Crippen LogP) is 4.66. The summed E-state index contributed by atoms with van der Waals surface area (Å²) in [5, 5.41) is 6.30. The molecule has 10 heteroatoms. The van der Waals surface area contributed by atoms with Crippen LogP contribution in [-0.4, -0.2) is 31.7 Å². The Labute approximate surface area is 210 Å². The molecule has 0 spiro atoms. The molecule has 182 valence electrons. The molecule has 0 bridgehead atoms. The van der Waals surface area contributed by atoms with Crippen molar-refractivity contribution in [2.45, 2.75) is 13.5 Å². The smallest absolute Gasteiger partial charge is 0.329 e. The highest BCUT2D eigenvalue weighted by Gasteiger charge is 2.16. The summed E-state index contributed by atoms with van der Waals surface area (Å²) in [6, 6.07) is 16.4. The Morgan fingerprint density at radius 3 is 2.51 bits per heavy atom. The topological polar surface area (TPSA) is 98.2 Å². The predicted molar refractivity (Wildman–Crippen MR) is 133 cm³/mol. The van der Waals surface area contributed by atoms with Crippen LogP contribution in [-0.2, 0) is 16.2 Å². The number of benzene rings is 3. The van der Waals surface area contributed by atoms with Crippen LogP contribution in [0.2, 0.25) is 0 Å². The molecule has 35 heavy (non-hydrogen) atoms. The summed E-state index contributed by atoms with van der Waals surface area (Å²) in [5.74, 6) is -1.01. The SMILES string of the molecule is CCOc1cc(/C=N/NC(=O)C(=O)Nc2ccccc2OC)cc(Br)c1OCc1ccccc1F. The largest absolute Gasteiger partial charge is 0.495 e. The summed E-state index contributed by atoms with van der Waals surface area (Å²) < 4.78 is 31.1. The summed E-state index contributed by atoms with van der Waals surface area (Å²) in [4.78, 5) is 24.3. The summed E-state index contributed by atoms with van der Waals surface area (Å²) >= 11 is 3.43. The van der Waals surface area contributed by atoms with Gasteiger partial charge in [-0.15, -0.1) is 0 Å². The van der Waals surface area contributed by atoms with Crippen LogP contribution in [0.5, 0.6) is 17.2 Å². The Bertz CT molecular complexity index is 1240. The van der Waals surface area contributed by atoms with E-state index in [1.165, 1.54) is 19.4 Å². The molecule has 2 N–H and O–H groups in total. The maximum Gasteiger partial charge on any atom is 0.329 e. The minimum Gasteiger partial charge on any atom is -0.495 e. The lowest BCUT2D eigenvalue weighted by molar-refractivity contribution is -0.136. The molecule has 0 aliphatic carbocycles. The van der Waals surface area contributed by atoms with Crippen LogP contribution in [0.1, 0.15) is 18.1 Å². The zero-order valence-corrected chi connectivity index (χ0v) is 20.6. The first-order valence-electron chi connectivity index (χ1n) is 10.5. The lowest BCUT2D eigenvalue weighted by atomic mass is 10.2. The van der Waals surface area contributed by atoms with Crippen LogP contribution in [0.4, 0.5) is 10.1 Å². The summed E-state index contributed by atoms with van der Waals surface area (Å²) in [6.07, 6.45) is 1.35. The van der Waals surface area contributed by atoms with E-state index in [2.05, 4.69) is 31.8 Å². The number of nitrogens with zero attached hydrogens (tertiary/aromatic N) is 1. The monoisotopic (exact) mass is 543 g/mol. The molecule has 3 aromatic carbocycles. The molecular weight excluding hydrogens is 521 g/mol. The first-order chi connectivity index (χ1) is 16.9. The molecule has 0 radical (unpaired) electrons. The molecule has 0 saturated carbocycles. The van der Waals surface area contributed by atoms with Gasteiger partial charge < -0.3 is 19.5 Å². The maximum absolute atomic E-state index is 13.9. The van der Waals surface area contributed by atoms with Gasteiger partial charge in [0.15, 0.2) is 11.5 Å². The van der Waals surface area contributed by atoms with Gasteiger partial charge in [0.2, 0.25) is 0 Å². The van der Waals surface area contributed by atoms with Gasteiger partial charge >= 0.3 is 11.8 Å². The molecule has 0 saturated heterocycles. The van der Waals surface area contributed by atoms with Gasteiger partial charge in [-0.25, -0.2) is 9.82 Å². The van der Waals surface area contributed by atoms with Crippen molar-refractivity contribution in [3.63, 3.8) is 0 Å². The van der Waals surface area contributed by atoms with Gasteiger partial charge in [-0.1, -0.05) is 30.3 Å². The average Bonchev–Trinajstić information content (AvgIpc) is 2.85. The molecule has 2 amide bonds. The van der Waals surface area contributed by atoms with Gasteiger partial charge in [0.1, 0.15) is 18.2 Å². The number of hydrogen-bond donors (Lipinski definition) is 2. The van der Waals surface area contributed by atoms with E-state index in [9.17, 15) is 14.0 Å². The minimum absolute atomic E-state index is 0.0101. The molecule has 8 nitrogen and oxygen atoms in total. The summed E-state index contributed by atoms with van der Waals surface area (Å²) in [6.45, 7) is 2.19. The van der Waals surface area contributed by atoms with Crippen molar-refractivity contribution in [1.82, 2.24) is 5.43 Å². The molecule has 0 unspecified atom stereocenters. The molecule has 0 aliphatic heterocycles. The van der Waals surface area contributed by atoms with E-state index >= 15 is 0 Å². The van der Waals surface area contributed by atoms with Crippen LogP contribution in [0, 0.1) is 5.82 Å². The van der Waals surface area contributed by atoms with E-state index in [4.69, 9.17) is 14.2 Å². The van der Waals surface area contributed by atoms with Crippen molar-refractivity contribution in [2.24, 2.45) is 5.10 Å². The third kappa shape index (κ3) is 7.03. The molecule has 0 fully saturated rings. The Hall–Kier alpha value is -3.92. The zero-order valence-electron chi connectivity index (χ0n) is 19.0. The maximum atomic E-state index is 13.9. The second kappa shape index (κ2) is 12.5.